The molecule has 1 fully saturated rings. The van der Waals surface area contributed by atoms with Crippen molar-refractivity contribution in [2.75, 3.05) is 27.8 Å². The number of aliphatic hydroxyl groups excluding tert-OH is 2. The van der Waals surface area contributed by atoms with Crippen LogP contribution in [0.3, 0.4) is 0 Å². The Morgan fingerprint density at radius 1 is 1.00 bits per heavy atom. The number of esters is 1. The van der Waals surface area contributed by atoms with Gasteiger partial charge in [0.1, 0.15) is 41.8 Å². The number of hydrogen-bond acceptors (Lipinski definition) is 19. The highest BCUT2D eigenvalue weighted by atomic mass is 16.7. The van der Waals surface area contributed by atoms with Crippen molar-refractivity contribution in [3.8, 4) is 34.4 Å². The SMILES string of the molecule is CC[C@@]1(O)C(=O)OCc2c1cc1n(c2=O)Cc2cc3c(CN(C)C)c(O)ccc3nc2-1.COc1cccc2c1C(=O)c1c(O)c3c(c(O)c1C2=O)C[C@@](O)(C(=O)CO)C[C@@H]3O[C@H]1C[C@H](N)[C@H](O)[C@H](C)O1. The third-order valence-electron chi connectivity index (χ3n) is 14.1. The largest absolute Gasteiger partial charge is 0.508 e. The van der Waals surface area contributed by atoms with Crippen molar-refractivity contribution in [1.29, 1.82) is 0 Å². The molecule has 368 valence electrons. The van der Waals surface area contributed by atoms with Gasteiger partial charge in [0.25, 0.3) is 5.56 Å². The predicted octanol–water partition coefficient (Wildman–Crippen LogP) is 1.85. The molecule has 20 nitrogen and oxygen atoms in total. The Labute approximate surface area is 399 Å². The molecule has 5 aromatic rings. The van der Waals surface area contributed by atoms with Crippen LogP contribution < -0.4 is 16.0 Å². The molecular weight excluding hydrogens is 913 g/mol. The van der Waals surface area contributed by atoms with Crippen LogP contribution in [0.15, 0.2) is 47.3 Å². The van der Waals surface area contributed by atoms with Gasteiger partial charge in [-0.3, -0.25) is 19.2 Å². The fraction of sp³-hybridized carbons (Fsp3) is 0.400. The highest BCUT2D eigenvalue weighted by Crippen LogP contribution is 2.53. The van der Waals surface area contributed by atoms with Crippen LogP contribution in [0.2, 0.25) is 0 Å². The summed E-state index contributed by atoms with van der Waals surface area (Å²) in [5.41, 5.74) is 4.40. The van der Waals surface area contributed by atoms with Gasteiger partial charge in [-0.1, -0.05) is 19.1 Å². The van der Waals surface area contributed by atoms with Crippen molar-refractivity contribution in [3.63, 3.8) is 0 Å². The zero-order valence-electron chi connectivity index (χ0n) is 38.8. The molecule has 70 heavy (non-hydrogen) atoms. The van der Waals surface area contributed by atoms with E-state index < -0.39 is 107 Å². The van der Waals surface area contributed by atoms with Gasteiger partial charge in [0.2, 0.25) is 5.78 Å². The average Bonchev–Trinajstić information content (AvgIpc) is 3.69. The number of Topliss-reactive ketones (excluding diaryl/α,β-unsaturated/α-hetero) is 1. The number of aromatic hydroxyl groups is 3. The van der Waals surface area contributed by atoms with Crippen LogP contribution in [0.5, 0.6) is 23.0 Å². The fourth-order valence-electron chi connectivity index (χ4n) is 10.3. The maximum Gasteiger partial charge on any atom is 0.343 e. The summed E-state index contributed by atoms with van der Waals surface area (Å²) in [7, 11) is 5.18. The summed E-state index contributed by atoms with van der Waals surface area (Å²) in [5.74, 6) is -4.31. The van der Waals surface area contributed by atoms with Crippen molar-refractivity contribution >= 4 is 34.2 Å². The van der Waals surface area contributed by atoms with Crippen molar-refractivity contribution in [3.05, 3.63) is 108 Å². The molecule has 5 heterocycles. The Kier molecular flexibility index (Phi) is 12.2. The van der Waals surface area contributed by atoms with Gasteiger partial charge in [0, 0.05) is 70.6 Å². The first-order chi connectivity index (χ1) is 33.2. The first-order valence-electron chi connectivity index (χ1n) is 22.6. The Bertz CT molecular complexity index is 3120. The number of pyridine rings is 2. The Hall–Kier alpha value is -6.62. The first-order valence-corrected chi connectivity index (χ1v) is 22.6. The average molecular weight is 965 g/mol. The summed E-state index contributed by atoms with van der Waals surface area (Å²) in [4.78, 5) is 72.0. The summed E-state index contributed by atoms with van der Waals surface area (Å²) in [5, 5.41) is 75.9. The number of carbonyl (C=O) groups is 4. The van der Waals surface area contributed by atoms with Gasteiger partial charge in [-0.15, -0.1) is 0 Å². The molecule has 9 N–H and O–H groups in total. The first kappa shape index (κ1) is 48.4. The molecule has 0 radical (unpaired) electrons. The van der Waals surface area contributed by atoms with Crippen LogP contribution in [0.4, 0.5) is 0 Å². The lowest BCUT2D eigenvalue weighted by Crippen LogP contribution is -2.53. The molecule has 1 saturated heterocycles. The van der Waals surface area contributed by atoms with Crippen molar-refractivity contribution < 1.29 is 73.9 Å². The number of cyclic esters (lactones) is 1. The number of phenolic OH excluding ortho intramolecular Hbond substituents is 3. The number of aromatic nitrogens is 2. The lowest BCUT2D eigenvalue weighted by molar-refractivity contribution is -0.247. The number of rotatable bonds is 8. The van der Waals surface area contributed by atoms with Crippen LogP contribution in [0.1, 0.15) is 104 Å². The van der Waals surface area contributed by atoms with Gasteiger partial charge in [0.15, 0.2) is 23.5 Å². The number of fused-ring (bicyclic) bond motifs is 8. The molecule has 3 aromatic carbocycles. The molecule has 0 amide bonds. The van der Waals surface area contributed by atoms with Crippen molar-refractivity contribution in [2.24, 2.45) is 5.73 Å². The van der Waals surface area contributed by atoms with E-state index in [1.54, 1.807) is 36.6 Å². The summed E-state index contributed by atoms with van der Waals surface area (Å²) >= 11 is 0. The Morgan fingerprint density at radius 3 is 2.40 bits per heavy atom. The van der Waals surface area contributed by atoms with E-state index in [9.17, 15) is 59.7 Å². The number of aliphatic hydroxyl groups is 4. The minimum Gasteiger partial charge on any atom is -0.508 e. The summed E-state index contributed by atoms with van der Waals surface area (Å²) < 4.78 is 23.7. The summed E-state index contributed by atoms with van der Waals surface area (Å²) in [6.07, 6.45) is -5.02. The molecule has 2 aliphatic carbocycles. The van der Waals surface area contributed by atoms with E-state index in [1.807, 2.05) is 25.1 Å². The lowest BCUT2D eigenvalue weighted by Gasteiger charge is -2.42. The highest BCUT2D eigenvalue weighted by Gasteiger charge is 2.51. The van der Waals surface area contributed by atoms with E-state index >= 15 is 0 Å². The van der Waals surface area contributed by atoms with E-state index in [0.717, 1.165) is 16.5 Å². The van der Waals surface area contributed by atoms with Crippen molar-refractivity contribution in [1.82, 2.24) is 14.5 Å². The minimum atomic E-state index is -2.24. The van der Waals surface area contributed by atoms with Gasteiger partial charge in [-0.25, -0.2) is 9.78 Å². The number of carbonyl (C=O) groups excluding carboxylic acids is 4. The third kappa shape index (κ3) is 7.53. The normalized spacial score (nSPS) is 25.2. The summed E-state index contributed by atoms with van der Waals surface area (Å²) in [6, 6.07) is 10.7. The van der Waals surface area contributed by atoms with E-state index in [1.165, 1.54) is 25.3 Å². The molecule has 20 heteroatoms. The maximum absolute atomic E-state index is 13.6. The lowest BCUT2D eigenvalue weighted by atomic mass is 9.72. The zero-order chi connectivity index (χ0) is 50.5. The highest BCUT2D eigenvalue weighted by molar-refractivity contribution is 6.31. The number of methoxy groups -OCH3 is 1. The Morgan fingerprint density at radius 2 is 1.73 bits per heavy atom. The molecule has 0 bridgehead atoms. The number of phenols is 3. The topological polar surface area (TPSA) is 311 Å². The predicted molar refractivity (Wildman–Crippen MR) is 245 cm³/mol. The van der Waals surface area contributed by atoms with E-state index in [0.29, 0.717) is 41.1 Å². The number of nitrogens with zero attached hydrogens (tertiary/aromatic N) is 3. The number of hydrogen-bond donors (Lipinski definition) is 8. The maximum atomic E-state index is 13.6. The monoisotopic (exact) mass is 964 g/mol. The number of ketones is 3. The zero-order valence-corrected chi connectivity index (χ0v) is 38.8. The molecule has 10 rings (SSSR count). The van der Waals surface area contributed by atoms with E-state index in [-0.39, 0.29) is 58.8 Å². The van der Waals surface area contributed by atoms with Gasteiger partial charge in [-0.2, -0.15) is 0 Å². The van der Waals surface area contributed by atoms with Crippen LogP contribution >= 0.6 is 0 Å². The summed E-state index contributed by atoms with van der Waals surface area (Å²) in [6.45, 7) is 2.97. The van der Waals surface area contributed by atoms with E-state index in [2.05, 4.69) is 0 Å². The van der Waals surface area contributed by atoms with Gasteiger partial charge in [-0.05, 0) is 57.8 Å². The quantitative estimate of drug-likeness (QED) is 0.0796. The van der Waals surface area contributed by atoms with Gasteiger partial charge in [0.05, 0.1) is 71.1 Å². The number of benzene rings is 3. The molecule has 0 spiro atoms. The van der Waals surface area contributed by atoms with Crippen LogP contribution in [-0.4, -0.2) is 131 Å². The van der Waals surface area contributed by atoms with Gasteiger partial charge >= 0.3 is 5.97 Å². The van der Waals surface area contributed by atoms with Crippen LogP contribution in [0.25, 0.3) is 22.3 Å². The molecule has 0 unspecified atom stereocenters. The standard InChI is InChI=1S/C27H29NO11.C23H23N3O5/c1-10-22(31)13(28)6-17(38-10)39-15-8-27(36,16(30)9-29)7-12-19(15)26(35)21-20(24(12)33)23(32)11-4-3-5-14(37-2)18(11)25(21)34;1-4-23(30)16-8-18-20-12(9-26(18)21(28)15(16)11-31-22(23)29)7-13-14(10-25(2)3)19(27)6-5-17(13)24-20/h3-5,10,13,15,17,22,29,31,33,35-36H,6-9,28H2,1-2H3;5-8,27,30H,4,9-11H2,1-3H3/t10-,13-,15-,17-,22+,27-;23-/m00/s1. The smallest absolute Gasteiger partial charge is 0.343 e. The molecule has 5 aliphatic rings. The molecule has 7 atom stereocenters. The van der Waals surface area contributed by atoms with Gasteiger partial charge < -0.3 is 69.9 Å². The number of nitrogens with two attached hydrogens (primary N) is 1. The van der Waals surface area contributed by atoms with Crippen LogP contribution in [-0.2, 0) is 55.5 Å². The second-order valence-electron chi connectivity index (χ2n) is 18.6. The molecule has 3 aliphatic heterocycles. The minimum absolute atomic E-state index is 0.0173. The molecule has 2 aromatic heterocycles. The molecule has 0 saturated carbocycles. The number of ether oxygens (including phenoxy) is 4. The second kappa shape index (κ2) is 17.7. The fourth-order valence-corrected chi connectivity index (χ4v) is 10.3. The second-order valence-corrected chi connectivity index (χ2v) is 18.6. The van der Waals surface area contributed by atoms with Crippen LogP contribution in [0, 0.1) is 0 Å². The van der Waals surface area contributed by atoms with Crippen molar-refractivity contribution in [2.45, 2.75) is 101 Å². The Balaban J connectivity index is 0.000000178. The van der Waals surface area contributed by atoms with E-state index in [4.69, 9.17) is 29.7 Å². The molecular formula is C50H52N4O16. The third-order valence-corrected chi connectivity index (χ3v) is 14.1.